The van der Waals surface area contributed by atoms with Gasteiger partial charge in [-0.25, -0.2) is 5.01 Å². The van der Waals surface area contributed by atoms with Crippen LogP contribution in [0.1, 0.15) is 43.4 Å². The number of phenols is 1. The topological polar surface area (TPSA) is 122 Å². The minimum absolute atomic E-state index is 0.0275. The number of amides is 1. The molecular weight excluding hydrogens is 416 g/mol. The van der Waals surface area contributed by atoms with Crippen molar-refractivity contribution in [3.8, 4) is 5.75 Å². The summed E-state index contributed by atoms with van der Waals surface area (Å²) in [5.74, 6) is -0.996. The van der Waals surface area contributed by atoms with Gasteiger partial charge in [-0.05, 0) is 54.8 Å². The first kappa shape index (κ1) is 24.1. The molecule has 0 radical (unpaired) electrons. The van der Waals surface area contributed by atoms with Crippen molar-refractivity contribution in [1.82, 2.24) is 10.4 Å². The molecule has 7 heteroatoms. The fourth-order valence-electron chi connectivity index (χ4n) is 3.79. The van der Waals surface area contributed by atoms with E-state index in [0.29, 0.717) is 24.0 Å². The highest BCUT2D eigenvalue weighted by Crippen LogP contribution is 2.22. The van der Waals surface area contributed by atoms with Crippen molar-refractivity contribution < 1.29 is 14.7 Å². The van der Waals surface area contributed by atoms with Crippen LogP contribution in [0.15, 0.2) is 72.8 Å². The molecule has 33 heavy (non-hydrogen) atoms. The first-order valence-electron chi connectivity index (χ1n) is 10.8. The highest BCUT2D eigenvalue weighted by Gasteiger charge is 2.25. The molecule has 0 saturated carbocycles. The molecule has 1 amide bonds. The third-order valence-corrected chi connectivity index (χ3v) is 5.78. The zero-order valence-corrected chi connectivity index (χ0v) is 18.9. The monoisotopic (exact) mass is 446 g/mol. The van der Waals surface area contributed by atoms with Gasteiger partial charge in [-0.1, -0.05) is 54.6 Å². The molecule has 0 saturated heterocycles. The van der Waals surface area contributed by atoms with Crippen LogP contribution in [0.5, 0.6) is 5.75 Å². The number of hydrogen-bond acceptors (Lipinski definition) is 6. The number of aromatic hydroxyl groups is 1. The predicted octanol–water partition coefficient (Wildman–Crippen LogP) is 2.59. The number of hydrazine groups is 1. The van der Waals surface area contributed by atoms with Gasteiger partial charge in [0.15, 0.2) is 5.78 Å². The Labute approximate surface area is 194 Å². The van der Waals surface area contributed by atoms with E-state index in [1.54, 1.807) is 31.2 Å². The molecule has 0 heterocycles. The van der Waals surface area contributed by atoms with Crippen LogP contribution >= 0.6 is 0 Å². The number of nitrogens with two attached hydrogens (primary N) is 2. The molecule has 2 atom stereocenters. The van der Waals surface area contributed by atoms with Crippen LogP contribution in [0.4, 0.5) is 0 Å². The van der Waals surface area contributed by atoms with E-state index in [1.165, 1.54) is 12.1 Å². The molecule has 0 aliphatic rings. The Hall–Kier alpha value is -3.52. The van der Waals surface area contributed by atoms with E-state index in [0.717, 1.165) is 11.1 Å². The Kier molecular flexibility index (Phi) is 7.95. The van der Waals surface area contributed by atoms with Crippen LogP contribution in [0, 0.1) is 0 Å². The molecule has 3 aromatic carbocycles. The minimum atomic E-state index is -0.723. The Bertz CT molecular complexity index is 1120. The summed E-state index contributed by atoms with van der Waals surface area (Å²) in [4.78, 5) is 25.1. The van der Waals surface area contributed by atoms with Crippen molar-refractivity contribution in [1.29, 1.82) is 0 Å². The number of carbonyl (C=O) groups excluding carboxylic acids is 2. The molecule has 2 unspecified atom stereocenters. The summed E-state index contributed by atoms with van der Waals surface area (Å²) in [6.07, 6.45) is 0.985. The fourth-order valence-corrected chi connectivity index (χ4v) is 3.79. The number of benzene rings is 3. The first-order valence-corrected chi connectivity index (χ1v) is 10.8. The molecule has 0 fully saturated rings. The van der Waals surface area contributed by atoms with Gasteiger partial charge in [0.05, 0.1) is 11.6 Å². The Balaban J connectivity index is 1.84. The summed E-state index contributed by atoms with van der Waals surface area (Å²) < 4.78 is 0. The second kappa shape index (κ2) is 10.9. The maximum Gasteiger partial charge on any atom is 0.252 e. The van der Waals surface area contributed by atoms with E-state index >= 15 is 0 Å². The number of nitrogens with zero attached hydrogens (tertiary/aromatic N) is 1. The number of nitrogens with one attached hydrogen (secondary N) is 1. The first-order chi connectivity index (χ1) is 15.8. The summed E-state index contributed by atoms with van der Waals surface area (Å²) in [6.45, 7) is 0. The van der Waals surface area contributed by atoms with Crippen molar-refractivity contribution in [3.63, 3.8) is 0 Å². The van der Waals surface area contributed by atoms with Gasteiger partial charge in [-0.2, -0.15) is 0 Å². The number of carbonyl (C=O) groups is 2. The molecule has 0 aromatic heterocycles. The second-order valence-electron chi connectivity index (χ2n) is 8.06. The predicted molar refractivity (Wildman–Crippen MR) is 129 cm³/mol. The lowest BCUT2D eigenvalue weighted by atomic mass is 9.93. The molecule has 0 spiro atoms. The quantitative estimate of drug-likeness (QED) is 0.281. The second-order valence-corrected chi connectivity index (χ2v) is 8.06. The van der Waals surface area contributed by atoms with E-state index in [9.17, 15) is 14.7 Å². The van der Waals surface area contributed by atoms with Gasteiger partial charge < -0.3 is 16.6 Å². The van der Waals surface area contributed by atoms with Crippen molar-refractivity contribution in [2.24, 2.45) is 11.5 Å². The van der Waals surface area contributed by atoms with Crippen LogP contribution < -0.4 is 16.9 Å². The van der Waals surface area contributed by atoms with E-state index in [2.05, 4.69) is 5.43 Å². The molecule has 0 aliphatic carbocycles. The number of ketones is 1. The van der Waals surface area contributed by atoms with Crippen molar-refractivity contribution >= 4 is 11.7 Å². The minimum Gasteiger partial charge on any atom is -0.507 e. The molecule has 3 rings (SSSR count). The van der Waals surface area contributed by atoms with Gasteiger partial charge in [-0.3, -0.25) is 15.0 Å². The van der Waals surface area contributed by atoms with Gasteiger partial charge in [-0.15, -0.1) is 0 Å². The van der Waals surface area contributed by atoms with Crippen LogP contribution in [-0.4, -0.2) is 41.9 Å². The summed E-state index contributed by atoms with van der Waals surface area (Å²) >= 11 is 0. The Morgan fingerprint density at radius 2 is 1.70 bits per heavy atom. The number of primary amides is 1. The summed E-state index contributed by atoms with van der Waals surface area (Å²) in [5, 5.41) is 11.6. The van der Waals surface area contributed by atoms with Crippen molar-refractivity contribution in [3.05, 3.63) is 101 Å². The average Bonchev–Trinajstić information content (AvgIpc) is 2.83. The van der Waals surface area contributed by atoms with Crippen LogP contribution in [0.3, 0.4) is 0 Å². The molecule has 3 aromatic rings. The fraction of sp³-hybridized carbons (Fsp3) is 0.231. The van der Waals surface area contributed by atoms with E-state index in [1.807, 2.05) is 48.5 Å². The molecule has 172 valence electrons. The van der Waals surface area contributed by atoms with E-state index in [-0.39, 0.29) is 23.1 Å². The van der Waals surface area contributed by atoms with Gasteiger partial charge in [0.1, 0.15) is 5.75 Å². The lowest BCUT2D eigenvalue weighted by Crippen LogP contribution is -2.46. The highest BCUT2D eigenvalue weighted by atomic mass is 16.3. The van der Waals surface area contributed by atoms with E-state index in [4.69, 9.17) is 11.5 Å². The Morgan fingerprint density at radius 1 is 0.970 bits per heavy atom. The van der Waals surface area contributed by atoms with Gasteiger partial charge >= 0.3 is 0 Å². The van der Waals surface area contributed by atoms with Crippen molar-refractivity contribution in [2.45, 2.75) is 24.9 Å². The zero-order valence-electron chi connectivity index (χ0n) is 18.9. The number of likely N-dealkylation sites (N-methyl/N-ethyl adjacent to an activating group) is 1. The SMILES string of the molecule is CNN(C)C(Cc1ccc(O)c(C(N)=O)c1)C(=O)c1cccc(C(N)Cc2ccccc2)c1. The van der Waals surface area contributed by atoms with Crippen LogP contribution in [0.2, 0.25) is 0 Å². The maximum atomic E-state index is 13.5. The average molecular weight is 447 g/mol. The summed E-state index contributed by atoms with van der Waals surface area (Å²) in [7, 11) is 3.51. The maximum absolute atomic E-state index is 13.5. The summed E-state index contributed by atoms with van der Waals surface area (Å²) in [6, 6.07) is 21.2. The molecule has 6 N–H and O–H groups in total. The number of rotatable bonds is 10. The largest absolute Gasteiger partial charge is 0.507 e. The highest BCUT2D eigenvalue weighted by molar-refractivity contribution is 6.00. The smallest absolute Gasteiger partial charge is 0.252 e. The zero-order chi connectivity index (χ0) is 24.0. The summed E-state index contributed by atoms with van der Waals surface area (Å²) in [5.41, 5.74) is 18.1. The van der Waals surface area contributed by atoms with Crippen molar-refractivity contribution in [2.75, 3.05) is 14.1 Å². The standard InChI is InChI=1S/C26H30N4O3/c1-29-30(2)23(15-18-11-12-24(31)21(13-18)26(28)33)25(32)20-10-6-9-19(16-20)22(27)14-17-7-4-3-5-8-17/h3-13,16,22-23,29,31H,14-15,27H2,1-2H3,(H2,28,33). The molecular formula is C26H30N4O3. The number of hydrogen-bond donors (Lipinski definition) is 4. The van der Waals surface area contributed by atoms with Gasteiger partial charge in [0.25, 0.3) is 5.91 Å². The van der Waals surface area contributed by atoms with Gasteiger partial charge in [0, 0.05) is 18.7 Å². The van der Waals surface area contributed by atoms with E-state index < -0.39 is 11.9 Å². The van der Waals surface area contributed by atoms with Gasteiger partial charge in [0.2, 0.25) is 0 Å². The lowest BCUT2D eigenvalue weighted by molar-refractivity contribution is 0.0796. The molecule has 0 aliphatic heterocycles. The number of Topliss-reactive ketones (excluding diaryl/α,β-unsaturated/α-hetero) is 1. The lowest BCUT2D eigenvalue weighted by Gasteiger charge is -2.26. The third kappa shape index (κ3) is 6.04. The Morgan fingerprint density at radius 3 is 2.36 bits per heavy atom. The van der Waals surface area contributed by atoms with Crippen LogP contribution in [-0.2, 0) is 12.8 Å². The molecule has 7 nitrogen and oxygen atoms in total. The normalized spacial score (nSPS) is 13.0. The third-order valence-electron chi connectivity index (χ3n) is 5.78. The molecule has 0 bridgehead atoms. The van der Waals surface area contributed by atoms with Crippen LogP contribution in [0.25, 0.3) is 0 Å².